The molecule has 1 aliphatic carbocycles. The Morgan fingerprint density at radius 2 is 1.44 bits per heavy atom. The zero-order valence-corrected chi connectivity index (χ0v) is 19.0. The summed E-state index contributed by atoms with van der Waals surface area (Å²) in [6.07, 6.45) is -0.673. The van der Waals surface area contributed by atoms with Crippen molar-refractivity contribution < 1.29 is 24.2 Å². The number of carboxylic acids is 1. The maximum absolute atomic E-state index is 12.7. The second kappa shape index (κ2) is 9.39. The molecule has 4 rings (SSSR count). The van der Waals surface area contributed by atoms with E-state index in [0.29, 0.717) is 0 Å². The Balaban J connectivity index is 1.43. The summed E-state index contributed by atoms with van der Waals surface area (Å²) in [6, 6.07) is 22.6. The highest BCUT2D eigenvalue weighted by atomic mass is 16.5. The maximum atomic E-state index is 12.7. The van der Waals surface area contributed by atoms with Crippen molar-refractivity contribution in [3.05, 3.63) is 89.5 Å². The SMILES string of the molecule is CC(C)(CNC(=O)c1ccccc1NC(=O)OCC1c2ccccc2-c2ccccc21)C(=O)O. The molecule has 7 heteroatoms. The van der Waals surface area contributed by atoms with Crippen molar-refractivity contribution in [3.63, 3.8) is 0 Å². The van der Waals surface area contributed by atoms with Crippen LogP contribution in [0.3, 0.4) is 0 Å². The number of rotatable bonds is 7. The molecule has 0 fully saturated rings. The summed E-state index contributed by atoms with van der Waals surface area (Å²) in [6.45, 7) is 3.15. The molecule has 3 aromatic carbocycles. The molecular formula is C27H26N2O5. The molecule has 0 atom stereocenters. The lowest BCUT2D eigenvalue weighted by Gasteiger charge is -2.20. The van der Waals surface area contributed by atoms with E-state index < -0.39 is 23.4 Å². The van der Waals surface area contributed by atoms with Crippen LogP contribution in [0.25, 0.3) is 11.1 Å². The fourth-order valence-electron chi connectivity index (χ4n) is 4.01. The third-order valence-electron chi connectivity index (χ3n) is 6.02. The molecule has 1 aliphatic rings. The number of carboxylic acid groups (broad SMARTS) is 1. The van der Waals surface area contributed by atoms with E-state index in [-0.39, 0.29) is 30.3 Å². The lowest BCUT2D eigenvalue weighted by atomic mass is 9.94. The molecule has 0 aromatic heterocycles. The van der Waals surface area contributed by atoms with E-state index in [1.165, 1.54) is 13.8 Å². The third kappa shape index (κ3) is 4.64. The van der Waals surface area contributed by atoms with Gasteiger partial charge in [0.15, 0.2) is 0 Å². The molecule has 7 nitrogen and oxygen atoms in total. The summed E-state index contributed by atoms with van der Waals surface area (Å²) in [5, 5.41) is 14.5. The van der Waals surface area contributed by atoms with Gasteiger partial charge in [0.1, 0.15) is 6.61 Å². The molecule has 0 bridgehead atoms. The molecule has 0 unspecified atom stereocenters. The topological polar surface area (TPSA) is 105 Å². The molecule has 174 valence electrons. The maximum Gasteiger partial charge on any atom is 0.411 e. The van der Waals surface area contributed by atoms with E-state index >= 15 is 0 Å². The van der Waals surface area contributed by atoms with Crippen LogP contribution in [0.15, 0.2) is 72.8 Å². The summed E-state index contributed by atoms with van der Waals surface area (Å²) in [4.78, 5) is 36.6. The zero-order valence-electron chi connectivity index (χ0n) is 19.0. The van der Waals surface area contributed by atoms with Gasteiger partial charge < -0.3 is 15.2 Å². The third-order valence-corrected chi connectivity index (χ3v) is 6.02. The van der Waals surface area contributed by atoms with Gasteiger partial charge in [-0.05, 0) is 48.2 Å². The van der Waals surface area contributed by atoms with Crippen LogP contribution in [-0.2, 0) is 9.53 Å². The van der Waals surface area contributed by atoms with Crippen molar-refractivity contribution in [2.75, 3.05) is 18.5 Å². The molecule has 0 spiro atoms. The van der Waals surface area contributed by atoms with Crippen molar-refractivity contribution in [3.8, 4) is 11.1 Å². The molecule has 2 amide bonds. The van der Waals surface area contributed by atoms with Gasteiger partial charge in [-0.15, -0.1) is 0 Å². The minimum atomic E-state index is -1.12. The van der Waals surface area contributed by atoms with Gasteiger partial charge in [0.2, 0.25) is 0 Å². The quantitative estimate of drug-likeness (QED) is 0.468. The molecule has 0 saturated heterocycles. The van der Waals surface area contributed by atoms with Crippen LogP contribution in [0.5, 0.6) is 0 Å². The molecule has 0 heterocycles. The highest BCUT2D eigenvalue weighted by Crippen LogP contribution is 2.44. The number of aliphatic carboxylic acids is 1. The lowest BCUT2D eigenvalue weighted by molar-refractivity contribution is -0.146. The number of anilines is 1. The van der Waals surface area contributed by atoms with E-state index in [1.54, 1.807) is 24.3 Å². The minimum absolute atomic E-state index is 0.0551. The second-order valence-corrected chi connectivity index (χ2v) is 8.87. The Morgan fingerprint density at radius 3 is 2.06 bits per heavy atom. The smallest absolute Gasteiger partial charge is 0.411 e. The van der Waals surface area contributed by atoms with Gasteiger partial charge in [0.05, 0.1) is 16.7 Å². The van der Waals surface area contributed by atoms with Crippen LogP contribution in [-0.4, -0.2) is 36.2 Å². The number of nitrogens with one attached hydrogen (secondary N) is 2. The lowest BCUT2D eigenvalue weighted by Crippen LogP contribution is -2.39. The Bertz CT molecular complexity index is 1210. The number of hydrogen-bond acceptors (Lipinski definition) is 4. The second-order valence-electron chi connectivity index (χ2n) is 8.87. The van der Waals surface area contributed by atoms with E-state index in [1.807, 2.05) is 36.4 Å². The van der Waals surface area contributed by atoms with Gasteiger partial charge in [-0.1, -0.05) is 60.7 Å². The highest BCUT2D eigenvalue weighted by Gasteiger charge is 2.30. The first-order chi connectivity index (χ1) is 16.3. The van der Waals surface area contributed by atoms with Gasteiger partial charge in [-0.25, -0.2) is 4.79 Å². The molecule has 0 saturated carbocycles. The van der Waals surface area contributed by atoms with E-state index in [9.17, 15) is 19.5 Å². The summed E-state index contributed by atoms with van der Waals surface area (Å²) in [5.41, 5.74) is 3.87. The summed E-state index contributed by atoms with van der Waals surface area (Å²) >= 11 is 0. The Morgan fingerprint density at radius 1 is 0.882 bits per heavy atom. The van der Waals surface area contributed by atoms with Crippen molar-refractivity contribution in [1.29, 1.82) is 0 Å². The zero-order chi connectivity index (χ0) is 24.3. The minimum Gasteiger partial charge on any atom is -0.481 e. The summed E-state index contributed by atoms with van der Waals surface area (Å²) in [7, 11) is 0. The molecular weight excluding hydrogens is 432 g/mol. The molecule has 34 heavy (non-hydrogen) atoms. The fraction of sp³-hybridized carbons (Fsp3) is 0.222. The van der Waals surface area contributed by atoms with Crippen LogP contribution < -0.4 is 10.6 Å². The Kier molecular flexibility index (Phi) is 6.36. The number of amides is 2. The number of carbonyl (C=O) groups excluding carboxylic acids is 2. The number of hydrogen-bond donors (Lipinski definition) is 3. The summed E-state index contributed by atoms with van der Waals surface area (Å²) in [5.74, 6) is -1.57. The first-order valence-corrected chi connectivity index (χ1v) is 11.0. The van der Waals surface area contributed by atoms with Gasteiger partial charge in [-0.2, -0.15) is 0 Å². The van der Waals surface area contributed by atoms with Crippen molar-refractivity contribution in [1.82, 2.24) is 5.32 Å². The summed E-state index contributed by atoms with van der Waals surface area (Å²) < 4.78 is 5.56. The van der Waals surface area contributed by atoms with Gasteiger partial charge >= 0.3 is 12.1 Å². The molecule has 0 aliphatic heterocycles. The van der Waals surface area contributed by atoms with E-state index in [0.717, 1.165) is 22.3 Å². The Hall–Kier alpha value is -4.13. The highest BCUT2D eigenvalue weighted by molar-refractivity contribution is 6.02. The first-order valence-electron chi connectivity index (χ1n) is 11.0. The average molecular weight is 459 g/mol. The molecule has 0 radical (unpaired) electrons. The average Bonchev–Trinajstić information content (AvgIpc) is 3.15. The van der Waals surface area contributed by atoms with Gasteiger partial charge in [-0.3, -0.25) is 14.9 Å². The fourth-order valence-corrected chi connectivity index (χ4v) is 4.01. The monoisotopic (exact) mass is 458 g/mol. The Labute approximate surface area is 197 Å². The van der Waals surface area contributed by atoms with Crippen LogP contribution in [0.2, 0.25) is 0 Å². The van der Waals surface area contributed by atoms with Gasteiger partial charge in [0, 0.05) is 12.5 Å². The number of benzene rings is 3. The van der Waals surface area contributed by atoms with Crippen molar-refractivity contribution in [2.45, 2.75) is 19.8 Å². The normalized spacial score (nSPS) is 12.4. The predicted molar refractivity (Wildman–Crippen MR) is 129 cm³/mol. The standard InChI is InChI=1S/C27H26N2O5/c1-27(2,25(31)32)16-28-24(30)21-13-7-8-14-23(21)29-26(33)34-15-22-19-11-5-3-9-17(19)18-10-4-6-12-20(18)22/h3-14,22H,15-16H2,1-2H3,(H,28,30)(H,29,33)(H,31,32). The van der Waals surface area contributed by atoms with Crippen molar-refractivity contribution in [2.24, 2.45) is 5.41 Å². The van der Waals surface area contributed by atoms with Crippen LogP contribution in [0.4, 0.5) is 10.5 Å². The molecule has 3 N–H and O–H groups in total. The van der Waals surface area contributed by atoms with Crippen LogP contribution in [0, 0.1) is 5.41 Å². The predicted octanol–water partition coefficient (Wildman–Crippen LogP) is 4.89. The number of fused-ring (bicyclic) bond motifs is 3. The first kappa shape index (κ1) is 23.0. The molecule has 3 aromatic rings. The largest absolute Gasteiger partial charge is 0.481 e. The van der Waals surface area contributed by atoms with Gasteiger partial charge in [0.25, 0.3) is 5.91 Å². The number of ether oxygens (including phenoxy) is 1. The number of para-hydroxylation sites is 1. The number of carbonyl (C=O) groups is 3. The van der Waals surface area contributed by atoms with Crippen molar-refractivity contribution >= 4 is 23.7 Å². The van der Waals surface area contributed by atoms with E-state index in [2.05, 4.69) is 22.8 Å². The van der Waals surface area contributed by atoms with Crippen LogP contribution in [0.1, 0.15) is 41.3 Å². The van der Waals surface area contributed by atoms with Crippen LogP contribution >= 0.6 is 0 Å². The van der Waals surface area contributed by atoms with E-state index in [4.69, 9.17) is 4.74 Å².